The summed E-state index contributed by atoms with van der Waals surface area (Å²) in [6.07, 6.45) is 1.74. The number of ketones is 1. The predicted molar refractivity (Wildman–Crippen MR) is 48.8 cm³/mol. The van der Waals surface area contributed by atoms with Crippen molar-refractivity contribution in [2.75, 3.05) is 13.2 Å². The van der Waals surface area contributed by atoms with Gasteiger partial charge in [0.15, 0.2) is 0 Å². The summed E-state index contributed by atoms with van der Waals surface area (Å²) in [5.74, 6) is 0.194. The van der Waals surface area contributed by atoms with Gasteiger partial charge < -0.3 is 10.8 Å². The first-order valence-electron chi connectivity index (χ1n) is 4.34. The number of nitrogens with two attached hydrogens (primary N) is 1. The highest BCUT2D eigenvalue weighted by molar-refractivity contribution is 5.78. The van der Waals surface area contributed by atoms with Crippen molar-refractivity contribution < 1.29 is 9.90 Å². The average molecular weight is 173 g/mol. The molecule has 0 heterocycles. The Morgan fingerprint density at radius 2 is 2.08 bits per heavy atom. The lowest BCUT2D eigenvalue weighted by Crippen LogP contribution is -2.21. The minimum atomic E-state index is -0.272. The van der Waals surface area contributed by atoms with Crippen LogP contribution in [0.15, 0.2) is 0 Å². The highest BCUT2D eigenvalue weighted by atomic mass is 16.3. The minimum Gasteiger partial charge on any atom is -0.396 e. The number of hydrogen-bond acceptors (Lipinski definition) is 3. The van der Waals surface area contributed by atoms with Crippen LogP contribution in [-0.2, 0) is 4.79 Å². The van der Waals surface area contributed by atoms with Gasteiger partial charge >= 0.3 is 0 Å². The van der Waals surface area contributed by atoms with Crippen molar-refractivity contribution in [3.63, 3.8) is 0 Å². The van der Waals surface area contributed by atoms with E-state index in [0.717, 1.165) is 6.42 Å². The molecular weight excluding hydrogens is 154 g/mol. The molecule has 3 nitrogen and oxygen atoms in total. The van der Waals surface area contributed by atoms with Crippen molar-refractivity contribution in [3.05, 3.63) is 0 Å². The van der Waals surface area contributed by atoms with E-state index in [9.17, 15) is 4.79 Å². The van der Waals surface area contributed by atoms with Crippen molar-refractivity contribution in [2.45, 2.75) is 33.1 Å². The molecule has 0 saturated carbocycles. The Morgan fingerprint density at radius 1 is 1.50 bits per heavy atom. The fourth-order valence-corrected chi connectivity index (χ4v) is 0.977. The molecule has 0 rings (SSSR count). The van der Waals surface area contributed by atoms with Crippen LogP contribution in [0.2, 0.25) is 0 Å². The zero-order chi connectivity index (χ0) is 9.61. The molecule has 0 aliphatic rings. The van der Waals surface area contributed by atoms with Crippen LogP contribution in [0.5, 0.6) is 0 Å². The summed E-state index contributed by atoms with van der Waals surface area (Å²) in [5, 5.41) is 8.89. The SMILES string of the molecule is CC(C)(CO)CC(=O)CCCN. The molecule has 0 atom stereocenters. The van der Waals surface area contributed by atoms with Gasteiger partial charge in [0.25, 0.3) is 0 Å². The Morgan fingerprint density at radius 3 is 2.50 bits per heavy atom. The lowest BCUT2D eigenvalue weighted by atomic mass is 9.87. The van der Waals surface area contributed by atoms with E-state index in [-0.39, 0.29) is 17.8 Å². The molecule has 0 unspecified atom stereocenters. The number of rotatable bonds is 6. The van der Waals surface area contributed by atoms with Crippen LogP contribution in [0.25, 0.3) is 0 Å². The van der Waals surface area contributed by atoms with E-state index < -0.39 is 0 Å². The van der Waals surface area contributed by atoms with E-state index in [2.05, 4.69) is 0 Å². The quantitative estimate of drug-likeness (QED) is 0.621. The lowest BCUT2D eigenvalue weighted by molar-refractivity contribution is -0.121. The molecular formula is C9H19NO2. The maximum Gasteiger partial charge on any atom is 0.133 e. The summed E-state index contributed by atoms with van der Waals surface area (Å²) < 4.78 is 0. The number of aliphatic hydroxyl groups is 1. The Kier molecular flexibility index (Phi) is 5.09. The molecule has 0 radical (unpaired) electrons. The van der Waals surface area contributed by atoms with Gasteiger partial charge in [0, 0.05) is 19.4 Å². The normalized spacial score (nSPS) is 11.7. The maximum atomic E-state index is 11.2. The first kappa shape index (κ1) is 11.6. The minimum absolute atomic E-state index is 0.0569. The number of Topliss-reactive ketones (excluding diaryl/α,β-unsaturated/α-hetero) is 1. The first-order valence-corrected chi connectivity index (χ1v) is 4.34. The van der Waals surface area contributed by atoms with Gasteiger partial charge in [0.2, 0.25) is 0 Å². The summed E-state index contributed by atoms with van der Waals surface area (Å²) in [6, 6.07) is 0. The van der Waals surface area contributed by atoms with E-state index >= 15 is 0 Å². The monoisotopic (exact) mass is 173 g/mol. The second-order valence-corrected chi connectivity index (χ2v) is 3.93. The van der Waals surface area contributed by atoms with E-state index in [0.29, 0.717) is 19.4 Å². The Bertz CT molecular complexity index is 143. The molecule has 0 aliphatic heterocycles. The molecule has 0 amide bonds. The summed E-state index contributed by atoms with van der Waals surface area (Å²) in [6.45, 7) is 4.38. The van der Waals surface area contributed by atoms with Crippen LogP contribution in [-0.4, -0.2) is 24.0 Å². The Labute approximate surface area is 74.0 Å². The first-order chi connectivity index (χ1) is 5.52. The van der Waals surface area contributed by atoms with Gasteiger partial charge in [-0.1, -0.05) is 13.8 Å². The number of aliphatic hydroxyl groups excluding tert-OH is 1. The van der Waals surface area contributed by atoms with E-state index in [4.69, 9.17) is 10.8 Å². The molecule has 0 bridgehead atoms. The Hall–Kier alpha value is -0.410. The van der Waals surface area contributed by atoms with E-state index in [1.165, 1.54) is 0 Å². The highest BCUT2D eigenvalue weighted by Gasteiger charge is 2.20. The maximum absolute atomic E-state index is 11.2. The van der Waals surface area contributed by atoms with Crippen molar-refractivity contribution in [3.8, 4) is 0 Å². The summed E-state index contributed by atoms with van der Waals surface area (Å²) in [7, 11) is 0. The van der Waals surface area contributed by atoms with Gasteiger partial charge in [-0.15, -0.1) is 0 Å². The molecule has 0 aromatic heterocycles. The molecule has 3 heteroatoms. The molecule has 0 aromatic rings. The molecule has 12 heavy (non-hydrogen) atoms. The van der Waals surface area contributed by atoms with Gasteiger partial charge in [-0.05, 0) is 18.4 Å². The van der Waals surface area contributed by atoms with E-state index in [1.54, 1.807) is 0 Å². The topological polar surface area (TPSA) is 63.3 Å². The molecule has 0 aliphatic carbocycles. The van der Waals surface area contributed by atoms with Gasteiger partial charge in [-0.3, -0.25) is 4.79 Å². The van der Waals surface area contributed by atoms with Crippen LogP contribution in [0.4, 0.5) is 0 Å². The van der Waals surface area contributed by atoms with Crippen LogP contribution < -0.4 is 5.73 Å². The molecule has 3 N–H and O–H groups in total. The van der Waals surface area contributed by atoms with E-state index in [1.807, 2.05) is 13.8 Å². The second kappa shape index (κ2) is 5.27. The Balaban J connectivity index is 3.68. The summed E-state index contributed by atoms with van der Waals surface area (Å²) >= 11 is 0. The number of hydrogen-bond donors (Lipinski definition) is 2. The summed E-state index contributed by atoms with van der Waals surface area (Å²) in [5.41, 5.74) is 5.00. The van der Waals surface area contributed by atoms with Crippen molar-refractivity contribution in [1.29, 1.82) is 0 Å². The molecule has 0 spiro atoms. The highest BCUT2D eigenvalue weighted by Crippen LogP contribution is 2.20. The van der Waals surface area contributed by atoms with Crippen molar-refractivity contribution >= 4 is 5.78 Å². The predicted octanol–water partition coefficient (Wildman–Crippen LogP) is 0.703. The van der Waals surface area contributed by atoms with Crippen molar-refractivity contribution in [1.82, 2.24) is 0 Å². The van der Waals surface area contributed by atoms with Gasteiger partial charge in [0.1, 0.15) is 5.78 Å². The largest absolute Gasteiger partial charge is 0.396 e. The van der Waals surface area contributed by atoms with Crippen LogP contribution >= 0.6 is 0 Å². The zero-order valence-corrected chi connectivity index (χ0v) is 7.97. The number of carbonyl (C=O) groups excluding carboxylic acids is 1. The van der Waals surface area contributed by atoms with Crippen LogP contribution in [0, 0.1) is 5.41 Å². The van der Waals surface area contributed by atoms with Crippen LogP contribution in [0.1, 0.15) is 33.1 Å². The van der Waals surface area contributed by atoms with Crippen LogP contribution in [0.3, 0.4) is 0 Å². The molecule has 0 fully saturated rings. The standard InChI is InChI=1S/C9H19NO2/c1-9(2,7-11)6-8(12)4-3-5-10/h11H,3-7,10H2,1-2H3. The average Bonchev–Trinajstić information content (AvgIpc) is 2.00. The fourth-order valence-electron chi connectivity index (χ4n) is 0.977. The number of carbonyl (C=O) groups is 1. The smallest absolute Gasteiger partial charge is 0.133 e. The third-order valence-corrected chi connectivity index (χ3v) is 1.76. The molecule has 0 aromatic carbocycles. The van der Waals surface area contributed by atoms with Gasteiger partial charge in [-0.2, -0.15) is 0 Å². The fraction of sp³-hybridized carbons (Fsp3) is 0.889. The lowest BCUT2D eigenvalue weighted by Gasteiger charge is -2.19. The summed E-state index contributed by atoms with van der Waals surface area (Å²) in [4.78, 5) is 11.2. The molecule has 72 valence electrons. The second-order valence-electron chi connectivity index (χ2n) is 3.93. The zero-order valence-electron chi connectivity index (χ0n) is 7.97. The third-order valence-electron chi connectivity index (χ3n) is 1.76. The van der Waals surface area contributed by atoms with Gasteiger partial charge in [0.05, 0.1) is 0 Å². The third kappa shape index (κ3) is 5.27. The molecule has 0 saturated heterocycles. The van der Waals surface area contributed by atoms with Crippen molar-refractivity contribution in [2.24, 2.45) is 11.1 Å². The van der Waals surface area contributed by atoms with Gasteiger partial charge in [-0.25, -0.2) is 0 Å².